The lowest BCUT2D eigenvalue weighted by atomic mass is 10.0. The minimum atomic E-state index is -0.0110. The molecule has 0 aliphatic carbocycles. The Morgan fingerprint density at radius 1 is 1.21 bits per heavy atom. The molecule has 106 valence electrons. The minimum absolute atomic E-state index is 0.0110. The second-order valence-electron chi connectivity index (χ2n) is 5.23. The van der Waals surface area contributed by atoms with Gasteiger partial charge in [-0.1, -0.05) is 0 Å². The molecule has 1 aliphatic heterocycles. The van der Waals surface area contributed by atoms with Gasteiger partial charge in [-0.2, -0.15) is 0 Å². The molecule has 19 heavy (non-hydrogen) atoms. The molecule has 2 rings (SSSR count). The first kappa shape index (κ1) is 14.2. The molecule has 1 aromatic rings. The van der Waals surface area contributed by atoms with Crippen LogP contribution in [0.2, 0.25) is 0 Å². The minimum Gasteiger partial charge on any atom is -0.497 e. The van der Waals surface area contributed by atoms with E-state index in [4.69, 9.17) is 14.2 Å². The summed E-state index contributed by atoms with van der Waals surface area (Å²) in [5, 5.41) is 3.45. The molecule has 1 heterocycles. The lowest BCUT2D eigenvalue weighted by Gasteiger charge is -2.23. The van der Waals surface area contributed by atoms with Gasteiger partial charge in [0.25, 0.3) is 0 Å². The van der Waals surface area contributed by atoms with Gasteiger partial charge in [-0.15, -0.1) is 0 Å². The zero-order valence-corrected chi connectivity index (χ0v) is 12.0. The van der Waals surface area contributed by atoms with Crippen LogP contribution in [0.5, 0.6) is 11.5 Å². The quantitative estimate of drug-likeness (QED) is 0.857. The molecule has 0 bridgehead atoms. The Kier molecular flexibility index (Phi) is 4.66. The Bertz CT molecular complexity index is 392. The Morgan fingerprint density at radius 3 is 2.42 bits per heavy atom. The second-order valence-corrected chi connectivity index (χ2v) is 5.23. The fraction of sp³-hybridized carbons (Fsp3) is 0.600. The van der Waals surface area contributed by atoms with Gasteiger partial charge < -0.3 is 19.5 Å². The van der Waals surface area contributed by atoms with Gasteiger partial charge in [-0.25, -0.2) is 0 Å². The third kappa shape index (κ3) is 3.85. The number of ether oxygens (including phenoxy) is 3. The van der Waals surface area contributed by atoms with Gasteiger partial charge in [0.05, 0.1) is 19.8 Å². The predicted octanol–water partition coefficient (Wildman–Crippen LogP) is 2.36. The molecule has 4 nitrogen and oxygen atoms in total. The summed E-state index contributed by atoms with van der Waals surface area (Å²) in [5.41, 5.74) is 1.14. The Balaban J connectivity index is 1.91. The standard InChI is InChI=1S/C15H23NO3/c1-15(5-4-6-19-15)11-16-10-12-7-13(17-2)9-14(8-12)18-3/h7-9,16H,4-6,10-11H2,1-3H3. The van der Waals surface area contributed by atoms with E-state index in [0.717, 1.165) is 49.6 Å². The van der Waals surface area contributed by atoms with Crippen LogP contribution in [-0.4, -0.2) is 33.0 Å². The normalized spacial score (nSPS) is 22.5. The molecule has 0 spiro atoms. The molecule has 1 aromatic carbocycles. The second kappa shape index (κ2) is 6.26. The van der Waals surface area contributed by atoms with E-state index in [0.29, 0.717) is 0 Å². The first-order valence-corrected chi connectivity index (χ1v) is 6.72. The third-order valence-corrected chi connectivity index (χ3v) is 3.54. The number of rotatable bonds is 6. The van der Waals surface area contributed by atoms with Crippen LogP contribution in [0, 0.1) is 0 Å². The molecular formula is C15H23NO3. The average Bonchev–Trinajstić information content (AvgIpc) is 2.85. The molecule has 0 amide bonds. The van der Waals surface area contributed by atoms with Crippen LogP contribution < -0.4 is 14.8 Å². The van der Waals surface area contributed by atoms with Crippen molar-refractivity contribution >= 4 is 0 Å². The van der Waals surface area contributed by atoms with Crippen molar-refractivity contribution in [3.8, 4) is 11.5 Å². The molecule has 0 saturated carbocycles. The topological polar surface area (TPSA) is 39.7 Å². The zero-order valence-electron chi connectivity index (χ0n) is 12.0. The number of benzene rings is 1. The van der Waals surface area contributed by atoms with E-state index in [1.54, 1.807) is 14.2 Å². The molecule has 1 saturated heterocycles. The fourth-order valence-corrected chi connectivity index (χ4v) is 2.42. The average molecular weight is 265 g/mol. The van der Waals surface area contributed by atoms with Crippen LogP contribution in [0.3, 0.4) is 0 Å². The molecule has 4 heteroatoms. The van der Waals surface area contributed by atoms with E-state index in [-0.39, 0.29) is 5.60 Å². The van der Waals surface area contributed by atoms with Crippen LogP contribution in [0.4, 0.5) is 0 Å². The first-order valence-electron chi connectivity index (χ1n) is 6.72. The number of hydrogen-bond acceptors (Lipinski definition) is 4. The Labute approximate surface area is 115 Å². The Hall–Kier alpha value is -1.26. The monoisotopic (exact) mass is 265 g/mol. The molecule has 0 aromatic heterocycles. The highest BCUT2D eigenvalue weighted by molar-refractivity contribution is 5.38. The number of methoxy groups -OCH3 is 2. The summed E-state index contributed by atoms with van der Waals surface area (Å²) in [5.74, 6) is 1.64. The first-order chi connectivity index (χ1) is 9.15. The van der Waals surface area contributed by atoms with Crippen molar-refractivity contribution in [3.05, 3.63) is 23.8 Å². The predicted molar refractivity (Wildman–Crippen MR) is 74.8 cm³/mol. The molecule has 1 unspecified atom stereocenters. The van der Waals surface area contributed by atoms with Gasteiger partial charge in [0.2, 0.25) is 0 Å². The lowest BCUT2D eigenvalue weighted by Crippen LogP contribution is -2.36. The summed E-state index contributed by atoms with van der Waals surface area (Å²) in [6.07, 6.45) is 2.28. The molecule has 1 atom stereocenters. The van der Waals surface area contributed by atoms with E-state index in [2.05, 4.69) is 12.2 Å². The van der Waals surface area contributed by atoms with Crippen molar-refractivity contribution in [2.45, 2.75) is 31.9 Å². The summed E-state index contributed by atoms with van der Waals surface area (Å²) in [4.78, 5) is 0. The largest absolute Gasteiger partial charge is 0.497 e. The number of nitrogens with one attached hydrogen (secondary N) is 1. The maximum atomic E-state index is 5.76. The fourth-order valence-electron chi connectivity index (χ4n) is 2.42. The summed E-state index contributed by atoms with van der Waals surface area (Å²) in [7, 11) is 3.33. The highest BCUT2D eigenvalue weighted by atomic mass is 16.5. The van der Waals surface area contributed by atoms with E-state index >= 15 is 0 Å². The Morgan fingerprint density at radius 2 is 1.89 bits per heavy atom. The summed E-state index contributed by atoms with van der Waals surface area (Å²) < 4.78 is 16.3. The van der Waals surface area contributed by atoms with Gasteiger partial charge in [0.15, 0.2) is 0 Å². The van der Waals surface area contributed by atoms with Gasteiger partial charge in [0, 0.05) is 25.8 Å². The molecular weight excluding hydrogens is 242 g/mol. The highest BCUT2D eigenvalue weighted by Crippen LogP contribution is 2.25. The maximum Gasteiger partial charge on any atom is 0.122 e. The van der Waals surface area contributed by atoms with Crippen LogP contribution in [0.15, 0.2) is 18.2 Å². The SMILES string of the molecule is COc1cc(CNCC2(C)CCCO2)cc(OC)c1. The van der Waals surface area contributed by atoms with Gasteiger partial charge in [-0.05, 0) is 37.5 Å². The molecule has 1 fully saturated rings. The number of hydrogen-bond donors (Lipinski definition) is 1. The van der Waals surface area contributed by atoms with Gasteiger partial charge >= 0.3 is 0 Å². The van der Waals surface area contributed by atoms with Crippen molar-refractivity contribution in [2.24, 2.45) is 0 Å². The van der Waals surface area contributed by atoms with Gasteiger partial charge in [0.1, 0.15) is 11.5 Å². The maximum absolute atomic E-state index is 5.76. The van der Waals surface area contributed by atoms with Crippen LogP contribution >= 0.6 is 0 Å². The van der Waals surface area contributed by atoms with Crippen LogP contribution in [0.1, 0.15) is 25.3 Å². The van der Waals surface area contributed by atoms with Gasteiger partial charge in [-0.3, -0.25) is 0 Å². The van der Waals surface area contributed by atoms with Crippen molar-refractivity contribution in [3.63, 3.8) is 0 Å². The molecule has 1 aliphatic rings. The van der Waals surface area contributed by atoms with Crippen molar-refractivity contribution in [1.82, 2.24) is 5.32 Å². The van der Waals surface area contributed by atoms with E-state index < -0.39 is 0 Å². The van der Waals surface area contributed by atoms with E-state index in [1.165, 1.54) is 0 Å². The highest BCUT2D eigenvalue weighted by Gasteiger charge is 2.28. The van der Waals surface area contributed by atoms with E-state index in [1.807, 2.05) is 18.2 Å². The summed E-state index contributed by atoms with van der Waals surface area (Å²) in [6.45, 7) is 4.70. The van der Waals surface area contributed by atoms with Crippen LogP contribution in [0.25, 0.3) is 0 Å². The lowest BCUT2D eigenvalue weighted by molar-refractivity contribution is 0.0207. The third-order valence-electron chi connectivity index (χ3n) is 3.54. The molecule has 1 N–H and O–H groups in total. The van der Waals surface area contributed by atoms with Crippen molar-refractivity contribution in [1.29, 1.82) is 0 Å². The van der Waals surface area contributed by atoms with Crippen molar-refractivity contribution < 1.29 is 14.2 Å². The zero-order chi connectivity index (χ0) is 13.7. The molecule has 0 radical (unpaired) electrons. The van der Waals surface area contributed by atoms with Crippen LogP contribution in [-0.2, 0) is 11.3 Å². The van der Waals surface area contributed by atoms with E-state index in [9.17, 15) is 0 Å². The summed E-state index contributed by atoms with van der Waals surface area (Å²) in [6, 6.07) is 5.92. The summed E-state index contributed by atoms with van der Waals surface area (Å²) >= 11 is 0. The van der Waals surface area contributed by atoms with Crippen molar-refractivity contribution in [2.75, 3.05) is 27.4 Å². The smallest absolute Gasteiger partial charge is 0.122 e.